The number of phenols is 1. The molecule has 23 heavy (non-hydrogen) atoms. The monoisotopic (exact) mass is 316 g/mol. The number of carbonyl (C=O) groups is 1. The molecule has 1 heterocycles. The number of methoxy groups -OCH3 is 1. The Morgan fingerprint density at radius 3 is 2.78 bits per heavy atom. The van der Waals surface area contributed by atoms with Gasteiger partial charge in [0.2, 0.25) is 0 Å². The van der Waals surface area contributed by atoms with Crippen LogP contribution in [0.1, 0.15) is 42.5 Å². The zero-order chi connectivity index (χ0) is 17.0. The van der Waals surface area contributed by atoms with Crippen molar-refractivity contribution in [2.24, 2.45) is 5.10 Å². The summed E-state index contributed by atoms with van der Waals surface area (Å²) in [6.45, 7) is 6.06. The van der Waals surface area contributed by atoms with Crippen molar-refractivity contribution >= 4 is 12.1 Å². The normalized spacial score (nSPS) is 11.7. The van der Waals surface area contributed by atoms with E-state index in [-0.39, 0.29) is 16.9 Å². The number of nitrogens with one attached hydrogen (secondary N) is 2. The van der Waals surface area contributed by atoms with Crippen LogP contribution in [-0.2, 0) is 5.41 Å². The fourth-order valence-corrected chi connectivity index (χ4v) is 1.85. The van der Waals surface area contributed by atoms with Crippen LogP contribution in [0.25, 0.3) is 0 Å². The highest BCUT2D eigenvalue weighted by Crippen LogP contribution is 2.27. The Labute approximate surface area is 134 Å². The molecule has 1 aromatic heterocycles. The summed E-state index contributed by atoms with van der Waals surface area (Å²) in [5.41, 5.74) is 3.79. The molecule has 1 amide bonds. The van der Waals surface area contributed by atoms with Crippen molar-refractivity contribution in [2.45, 2.75) is 26.2 Å². The molecule has 0 atom stereocenters. The lowest BCUT2D eigenvalue weighted by Crippen LogP contribution is -2.18. The lowest BCUT2D eigenvalue weighted by molar-refractivity contribution is 0.0950. The third-order valence-electron chi connectivity index (χ3n) is 3.24. The Kier molecular flexibility index (Phi) is 4.68. The van der Waals surface area contributed by atoms with Crippen LogP contribution in [-0.4, -0.2) is 34.5 Å². The molecule has 0 spiro atoms. The quantitative estimate of drug-likeness (QED) is 0.594. The van der Waals surface area contributed by atoms with Crippen LogP contribution >= 0.6 is 0 Å². The van der Waals surface area contributed by atoms with Gasteiger partial charge in [-0.1, -0.05) is 26.8 Å². The van der Waals surface area contributed by atoms with Gasteiger partial charge in [-0.05, 0) is 18.2 Å². The number of carbonyl (C=O) groups excluding carboxylic acids is 1. The van der Waals surface area contributed by atoms with Crippen molar-refractivity contribution in [1.82, 2.24) is 15.6 Å². The molecule has 0 aliphatic carbocycles. The molecular formula is C16H20N4O3. The number of phenolic OH excluding ortho intramolecular Hbond substituents is 1. The van der Waals surface area contributed by atoms with Crippen LogP contribution in [0, 0.1) is 0 Å². The summed E-state index contributed by atoms with van der Waals surface area (Å²) in [6.07, 6.45) is 1.34. The van der Waals surface area contributed by atoms with Crippen LogP contribution in [0.15, 0.2) is 29.4 Å². The van der Waals surface area contributed by atoms with Crippen LogP contribution in [0.4, 0.5) is 0 Å². The van der Waals surface area contributed by atoms with Crippen molar-refractivity contribution in [3.63, 3.8) is 0 Å². The Morgan fingerprint density at radius 1 is 1.43 bits per heavy atom. The van der Waals surface area contributed by atoms with Crippen molar-refractivity contribution in [1.29, 1.82) is 0 Å². The summed E-state index contributed by atoms with van der Waals surface area (Å²) >= 11 is 0. The van der Waals surface area contributed by atoms with E-state index in [2.05, 4.69) is 20.7 Å². The maximum absolute atomic E-state index is 12.0. The summed E-state index contributed by atoms with van der Waals surface area (Å²) in [5.74, 6) is -0.138. The van der Waals surface area contributed by atoms with Crippen LogP contribution in [0.2, 0.25) is 0 Å². The van der Waals surface area contributed by atoms with Crippen molar-refractivity contribution in [3.05, 3.63) is 41.2 Å². The number of rotatable bonds is 4. The molecular weight excluding hydrogens is 296 g/mol. The van der Waals surface area contributed by atoms with E-state index in [1.807, 2.05) is 20.8 Å². The van der Waals surface area contributed by atoms with E-state index in [1.165, 1.54) is 13.3 Å². The van der Waals surface area contributed by atoms with Gasteiger partial charge in [0.15, 0.2) is 17.2 Å². The predicted octanol–water partition coefficient (Wildman–Crippen LogP) is 2.19. The number of ether oxygens (including phenoxy) is 1. The predicted molar refractivity (Wildman–Crippen MR) is 87.0 cm³/mol. The second-order valence-electron chi connectivity index (χ2n) is 6.01. The van der Waals surface area contributed by atoms with Crippen LogP contribution in [0.5, 0.6) is 11.5 Å². The number of nitrogens with zero attached hydrogens (tertiary/aromatic N) is 2. The lowest BCUT2D eigenvalue weighted by Gasteiger charge is -2.14. The smallest absolute Gasteiger partial charge is 0.291 e. The maximum Gasteiger partial charge on any atom is 0.291 e. The first kappa shape index (κ1) is 16.5. The summed E-state index contributed by atoms with van der Waals surface area (Å²) < 4.78 is 5.00. The Balaban J connectivity index is 2.06. The van der Waals surface area contributed by atoms with Crippen molar-refractivity contribution < 1.29 is 14.6 Å². The number of hydrogen-bond donors (Lipinski definition) is 3. The molecule has 2 rings (SSSR count). The molecule has 0 saturated heterocycles. The van der Waals surface area contributed by atoms with Gasteiger partial charge in [-0.3, -0.25) is 9.89 Å². The number of amides is 1. The standard InChI is InChI=1S/C16H20N4O3/c1-16(2,3)13-8-11(18-19-13)15(22)20-17-9-10-6-5-7-12(23-4)14(10)21/h5-9,21H,1-4H3,(H,18,19)(H,20,22). The van der Waals surface area contributed by atoms with Gasteiger partial charge >= 0.3 is 0 Å². The zero-order valence-electron chi connectivity index (χ0n) is 13.5. The van der Waals surface area contributed by atoms with Gasteiger partial charge in [0.1, 0.15) is 0 Å². The average Bonchev–Trinajstić information content (AvgIpc) is 2.99. The average molecular weight is 316 g/mol. The Bertz CT molecular complexity index is 729. The van der Waals surface area contributed by atoms with Crippen LogP contribution < -0.4 is 10.2 Å². The Morgan fingerprint density at radius 2 is 2.17 bits per heavy atom. The zero-order valence-corrected chi connectivity index (χ0v) is 13.5. The molecule has 122 valence electrons. The summed E-state index contributed by atoms with van der Waals surface area (Å²) in [7, 11) is 1.46. The van der Waals surface area contributed by atoms with E-state index in [4.69, 9.17) is 4.74 Å². The third kappa shape index (κ3) is 3.88. The number of aromatic nitrogens is 2. The first-order valence-electron chi connectivity index (χ1n) is 7.08. The summed E-state index contributed by atoms with van der Waals surface area (Å²) in [4.78, 5) is 12.0. The summed E-state index contributed by atoms with van der Waals surface area (Å²) in [5, 5.41) is 20.6. The highest BCUT2D eigenvalue weighted by molar-refractivity contribution is 5.93. The molecule has 2 aromatic rings. The van der Waals surface area contributed by atoms with Gasteiger partial charge in [0, 0.05) is 16.7 Å². The fourth-order valence-electron chi connectivity index (χ4n) is 1.85. The van der Waals surface area contributed by atoms with Gasteiger partial charge in [-0.15, -0.1) is 0 Å². The number of hydrogen-bond acceptors (Lipinski definition) is 5. The molecule has 0 saturated carbocycles. The Hall–Kier alpha value is -2.83. The lowest BCUT2D eigenvalue weighted by atomic mass is 9.92. The maximum atomic E-state index is 12.0. The third-order valence-corrected chi connectivity index (χ3v) is 3.24. The SMILES string of the molecule is COc1cccc(C=NNC(=O)c2cc(C(C)(C)C)[nH]n2)c1O. The minimum Gasteiger partial charge on any atom is -0.504 e. The molecule has 0 aliphatic heterocycles. The van der Waals surface area contributed by atoms with E-state index in [0.717, 1.165) is 5.69 Å². The number of hydrazone groups is 1. The number of benzene rings is 1. The van der Waals surface area contributed by atoms with E-state index >= 15 is 0 Å². The fraction of sp³-hybridized carbons (Fsp3) is 0.312. The molecule has 0 fully saturated rings. The van der Waals surface area contributed by atoms with Crippen LogP contribution in [0.3, 0.4) is 0 Å². The van der Waals surface area contributed by atoms with Crippen molar-refractivity contribution in [3.8, 4) is 11.5 Å². The molecule has 7 nitrogen and oxygen atoms in total. The highest BCUT2D eigenvalue weighted by atomic mass is 16.5. The minimum absolute atomic E-state index is 0.0391. The number of aromatic hydroxyl groups is 1. The first-order valence-corrected chi connectivity index (χ1v) is 7.08. The van der Waals surface area contributed by atoms with Crippen molar-refractivity contribution in [2.75, 3.05) is 7.11 Å². The van der Waals surface area contributed by atoms with Gasteiger partial charge in [-0.2, -0.15) is 10.2 Å². The van der Waals surface area contributed by atoms with E-state index in [0.29, 0.717) is 11.3 Å². The molecule has 0 bridgehead atoms. The number of H-pyrrole nitrogens is 1. The van der Waals surface area contributed by atoms with E-state index < -0.39 is 5.91 Å². The van der Waals surface area contributed by atoms with Gasteiger partial charge < -0.3 is 9.84 Å². The number of para-hydroxylation sites is 1. The summed E-state index contributed by atoms with van der Waals surface area (Å²) in [6, 6.07) is 6.68. The molecule has 0 aliphatic rings. The largest absolute Gasteiger partial charge is 0.504 e. The second kappa shape index (κ2) is 6.51. The minimum atomic E-state index is -0.435. The van der Waals surface area contributed by atoms with Gasteiger partial charge in [-0.25, -0.2) is 5.43 Å². The van der Waals surface area contributed by atoms with E-state index in [1.54, 1.807) is 24.3 Å². The molecule has 1 aromatic carbocycles. The number of aromatic amines is 1. The first-order chi connectivity index (χ1) is 10.8. The van der Waals surface area contributed by atoms with Gasteiger partial charge in [0.25, 0.3) is 5.91 Å². The molecule has 0 unspecified atom stereocenters. The molecule has 7 heteroatoms. The molecule has 3 N–H and O–H groups in total. The van der Waals surface area contributed by atoms with Gasteiger partial charge in [0.05, 0.1) is 13.3 Å². The topological polar surface area (TPSA) is 99.6 Å². The second-order valence-corrected chi connectivity index (χ2v) is 6.01. The molecule has 0 radical (unpaired) electrons. The highest BCUT2D eigenvalue weighted by Gasteiger charge is 2.19. The van der Waals surface area contributed by atoms with E-state index in [9.17, 15) is 9.90 Å².